The van der Waals surface area contributed by atoms with Gasteiger partial charge in [0.15, 0.2) is 0 Å². The minimum absolute atomic E-state index is 0.0468. The molecule has 124 valence electrons. The lowest BCUT2D eigenvalue weighted by Crippen LogP contribution is -2.45. The van der Waals surface area contributed by atoms with Gasteiger partial charge in [0.05, 0.1) is 10.1 Å². The molecule has 1 aromatic carbocycles. The van der Waals surface area contributed by atoms with Crippen LogP contribution in [0.5, 0.6) is 0 Å². The number of alkyl halides is 3. The van der Waals surface area contributed by atoms with Gasteiger partial charge in [-0.25, -0.2) is 0 Å². The lowest BCUT2D eigenvalue weighted by Gasteiger charge is -2.45. The van der Waals surface area contributed by atoms with Gasteiger partial charge < -0.3 is 11.1 Å². The molecule has 1 aliphatic carbocycles. The molecule has 3 N–H and O–H groups in total. The van der Waals surface area contributed by atoms with E-state index in [0.717, 1.165) is 17.3 Å². The zero-order valence-electron chi connectivity index (χ0n) is 12.1. The average molecular weight is 358 g/mol. The van der Waals surface area contributed by atoms with Crippen molar-refractivity contribution in [3.8, 4) is 0 Å². The molecule has 3 rings (SSSR count). The number of thiol groups is 2. The normalized spacial score (nSPS) is 26.7. The standard InChI is InChI=1S/C16H17F3N2S2/c17-16(18,19)11-4-5-13-10(6-11)8-15(22,23)14(21-13)9-2-1-3-12(20)7-9/h1-5,7,10,14,21-23H,6,8,20H2. The molecular weight excluding hydrogens is 341 g/mol. The number of nitrogens with one attached hydrogen (secondary N) is 1. The third-order valence-electron chi connectivity index (χ3n) is 4.30. The first-order chi connectivity index (χ1) is 10.7. The molecular formula is C16H17F3N2S2. The van der Waals surface area contributed by atoms with Crippen LogP contribution >= 0.6 is 25.3 Å². The van der Waals surface area contributed by atoms with E-state index in [0.29, 0.717) is 12.1 Å². The number of nitrogens with two attached hydrogens (primary N) is 1. The average Bonchev–Trinajstić information content (AvgIpc) is 2.44. The van der Waals surface area contributed by atoms with E-state index in [1.54, 1.807) is 6.07 Å². The van der Waals surface area contributed by atoms with E-state index in [-0.39, 0.29) is 18.4 Å². The first kappa shape index (κ1) is 16.6. The number of anilines is 1. The molecule has 2 unspecified atom stereocenters. The van der Waals surface area contributed by atoms with Crippen molar-refractivity contribution in [1.29, 1.82) is 0 Å². The number of nitrogen functional groups attached to an aromatic ring is 1. The van der Waals surface area contributed by atoms with Crippen LogP contribution in [0.2, 0.25) is 0 Å². The fourth-order valence-corrected chi connectivity index (χ4v) is 4.05. The van der Waals surface area contributed by atoms with Gasteiger partial charge in [0.25, 0.3) is 0 Å². The summed E-state index contributed by atoms with van der Waals surface area (Å²) in [4.78, 5) is 0. The highest BCUT2D eigenvalue weighted by atomic mass is 32.2. The van der Waals surface area contributed by atoms with E-state index in [1.807, 2.05) is 18.2 Å². The Morgan fingerprint density at radius 1 is 1.22 bits per heavy atom. The number of hydrogen-bond donors (Lipinski definition) is 4. The molecule has 2 aliphatic rings. The Bertz CT molecular complexity index is 680. The molecule has 23 heavy (non-hydrogen) atoms. The molecule has 0 bridgehead atoms. The molecule has 1 saturated heterocycles. The molecule has 1 fully saturated rings. The van der Waals surface area contributed by atoms with Crippen LogP contribution in [0.3, 0.4) is 0 Å². The van der Waals surface area contributed by atoms with E-state index in [1.165, 1.54) is 6.08 Å². The van der Waals surface area contributed by atoms with Crippen LogP contribution in [-0.2, 0) is 0 Å². The summed E-state index contributed by atoms with van der Waals surface area (Å²) in [7, 11) is 0. The second-order valence-corrected chi connectivity index (χ2v) is 7.99. The first-order valence-corrected chi connectivity index (χ1v) is 8.11. The van der Waals surface area contributed by atoms with Gasteiger partial charge in [-0.3, -0.25) is 0 Å². The highest BCUT2D eigenvalue weighted by Gasteiger charge is 2.45. The number of hydrogen-bond acceptors (Lipinski definition) is 4. The molecule has 2 atom stereocenters. The Morgan fingerprint density at radius 2 is 1.96 bits per heavy atom. The van der Waals surface area contributed by atoms with Crippen molar-refractivity contribution >= 4 is 30.9 Å². The van der Waals surface area contributed by atoms with Gasteiger partial charge in [-0.2, -0.15) is 38.4 Å². The zero-order valence-corrected chi connectivity index (χ0v) is 13.9. The quantitative estimate of drug-likeness (QED) is 0.344. The van der Waals surface area contributed by atoms with Crippen molar-refractivity contribution in [1.82, 2.24) is 5.32 Å². The van der Waals surface area contributed by atoms with Gasteiger partial charge in [-0.1, -0.05) is 18.2 Å². The smallest absolute Gasteiger partial charge is 0.399 e. The number of fused-ring (bicyclic) bond motifs is 1. The van der Waals surface area contributed by atoms with Crippen molar-refractivity contribution in [2.75, 3.05) is 5.73 Å². The summed E-state index contributed by atoms with van der Waals surface area (Å²) in [5.41, 5.74) is 7.66. The summed E-state index contributed by atoms with van der Waals surface area (Å²) in [6.45, 7) is 0. The van der Waals surface area contributed by atoms with Gasteiger partial charge >= 0.3 is 6.18 Å². The van der Waals surface area contributed by atoms with Gasteiger partial charge in [0.2, 0.25) is 0 Å². The van der Waals surface area contributed by atoms with Gasteiger partial charge in [0.1, 0.15) is 0 Å². The number of allylic oxidation sites excluding steroid dienone is 4. The minimum Gasteiger partial charge on any atom is -0.399 e. The third kappa shape index (κ3) is 3.35. The number of rotatable bonds is 1. The Kier molecular flexibility index (Phi) is 4.13. The van der Waals surface area contributed by atoms with Crippen molar-refractivity contribution in [2.24, 2.45) is 5.92 Å². The summed E-state index contributed by atoms with van der Waals surface area (Å²) >= 11 is 9.22. The lowest BCUT2D eigenvalue weighted by molar-refractivity contribution is -0.0955. The second kappa shape index (κ2) is 5.70. The van der Waals surface area contributed by atoms with Gasteiger partial charge in [-0.15, -0.1) is 0 Å². The van der Waals surface area contributed by atoms with Crippen molar-refractivity contribution < 1.29 is 13.2 Å². The molecule has 0 saturated carbocycles. The largest absolute Gasteiger partial charge is 0.412 e. The highest BCUT2D eigenvalue weighted by Crippen LogP contribution is 2.49. The number of benzene rings is 1. The minimum atomic E-state index is -4.29. The van der Waals surface area contributed by atoms with Crippen molar-refractivity contribution in [2.45, 2.75) is 29.1 Å². The van der Waals surface area contributed by atoms with Crippen LogP contribution < -0.4 is 11.1 Å². The van der Waals surface area contributed by atoms with E-state index in [9.17, 15) is 13.2 Å². The van der Waals surface area contributed by atoms with Crippen LogP contribution in [0.15, 0.2) is 47.7 Å². The summed E-state index contributed by atoms with van der Waals surface area (Å²) in [6.07, 6.45) is -1.23. The molecule has 0 spiro atoms. The van der Waals surface area contributed by atoms with Crippen molar-refractivity contribution in [3.05, 3.63) is 53.3 Å². The predicted molar refractivity (Wildman–Crippen MR) is 92.4 cm³/mol. The van der Waals surface area contributed by atoms with Crippen molar-refractivity contribution in [3.63, 3.8) is 0 Å². The fraction of sp³-hybridized carbons (Fsp3) is 0.375. The maximum atomic E-state index is 12.9. The Balaban J connectivity index is 1.92. The first-order valence-electron chi connectivity index (χ1n) is 7.21. The topological polar surface area (TPSA) is 38.0 Å². The SMILES string of the molecule is Nc1cccc(C2NC3=CC=C(C(F)(F)F)CC3CC2(S)S)c1. The monoisotopic (exact) mass is 358 g/mol. The molecule has 1 heterocycles. The zero-order chi connectivity index (χ0) is 16.8. The summed E-state index contributed by atoms with van der Waals surface area (Å²) in [5.74, 6) is -0.260. The van der Waals surface area contributed by atoms with Crippen LogP contribution in [-0.4, -0.2) is 10.3 Å². The van der Waals surface area contributed by atoms with E-state index >= 15 is 0 Å². The van der Waals surface area contributed by atoms with Gasteiger partial charge in [0, 0.05) is 22.9 Å². The molecule has 0 amide bonds. The Labute approximate surface area is 143 Å². The van der Waals surface area contributed by atoms with Crippen LogP contribution in [0.1, 0.15) is 24.4 Å². The van der Waals surface area contributed by atoms with Gasteiger partial charge in [-0.05, 0) is 36.6 Å². The van der Waals surface area contributed by atoms with Crippen LogP contribution in [0.4, 0.5) is 18.9 Å². The third-order valence-corrected chi connectivity index (χ3v) is 5.18. The second-order valence-electron chi connectivity index (χ2n) is 6.04. The molecule has 7 heteroatoms. The van der Waals surface area contributed by atoms with E-state index in [4.69, 9.17) is 5.73 Å². The Morgan fingerprint density at radius 3 is 2.61 bits per heavy atom. The number of halogens is 3. The van der Waals surface area contributed by atoms with E-state index < -0.39 is 15.8 Å². The van der Waals surface area contributed by atoms with Crippen LogP contribution in [0.25, 0.3) is 0 Å². The highest BCUT2D eigenvalue weighted by molar-refractivity contribution is 8.00. The maximum Gasteiger partial charge on any atom is 0.412 e. The lowest BCUT2D eigenvalue weighted by atomic mass is 9.81. The maximum absolute atomic E-state index is 12.9. The summed E-state index contributed by atoms with van der Waals surface area (Å²) in [6, 6.07) is 7.13. The summed E-state index contributed by atoms with van der Waals surface area (Å²) < 4.78 is 38.0. The molecule has 2 nitrogen and oxygen atoms in total. The molecule has 1 aliphatic heterocycles. The Hall–Kier alpha value is -1.21. The fourth-order valence-electron chi connectivity index (χ4n) is 3.18. The number of piperidine rings is 1. The van der Waals surface area contributed by atoms with Crippen LogP contribution in [0, 0.1) is 5.92 Å². The molecule has 0 aromatic heterocycles. The summed E-state index contributed by atoms with van der Waals surface area (Å²) in [5, 5.41) is 3.30. The van der Waals surface area contributed by atoms with E-state index in [2.05, 4.69) is 30.6 Å². The predicted octanol–water partition coefficient (Wildman–Crippen LogP) is 4.25. The molecule has 1 aromatic rings. The molecule has 0 radical (unpaired) electrons.